The Morgan fingerprint density at radius 2 is 1.73 bits per heavy atom. The van der Waals surface area contributed by atoms with Crippen molar-refractivity contribution in [3.05, 3.63) is 52.5 Å². The molecule has 0 aliphatic carbocycles. The van der Waals surface area contributed by atoms with Gasteiger partial charge in [-0.25, -0.2) is 4.98 Å². The van der Waals surface area contributed by atoms with E-state index in [0.29, 0.717) is 17.9 Å². The molecule has 0 spiro atoms. The molecule has 0 aliphatic heterocycles. The third-order valence-corrected chi connectivity index (χ3v) is 5.12. The average Bonchev–Trinajstić information content (AvgIpc) is 3.08. The second-order valence-electron chi connectivity index (χ2n) is 6.62. The zero-order valence-corrected chi connectivity index (χ0v) is 14.6. The van der Waals surface area contributed by atoms with Crippen molar-refractivity contribution in [1.82, 2.24) is 9.55 Å². The van der Waals surface area contributed by atoms with Gasteiger partial charge in [0.25, 0.3) is 0 Å². The first kappa shape index (κ1) is 15.3. The topological polar surface area (TPSA) is 17.8 Å². The monoisotopic (exact) mass is 312 g/mol. The van der Waals surface area contributed by atoms with Gasteiger partial charge in [0, 0.05) is 17.3 Å². The Kier molecular flexibility index (Phi) is 4.34. The van der Waals surface area contributed by atoms with Crippen LogP contribution in [-0.4, -0.2) is 9.55 Å². The van der Waals surface area contributed by atoms with Crippen LogP contribution in [0.5, 0.6) is 0 Å². The molecular formula is C19H24N2S. The molecule has 0 radical (unpaired) electrons. The molecule has 0 amide bonds. The van der Waals surface area contributed by atoms with Crippen LogP contribution >= 0.6 is 11.3 Å². The molecule has 3 aromatic rings. The van der Waals surface area contributed by atoms with E-state index in [2.05, 4.69) is 74.0 Å². The van der Waals surface area contributed by atoms with Gasteiger partial charge in [0.2, 0.25) is 0 Å². The van der Waals surface area contributed by atoms with Crippen molar-refractivity contribution in [2.75, 3.05) is 0 Å². The summed E-state index contributed by atoms with van der Waals surface area (Å²) in [7, 11) is 0. The van der Waals surface area contributed by atoms with Gasteiger partial charge in [-0.3, -0.25) is 0 Å². The largest absolute Gasteiger partial charge is 0.324 e. The van der Waals surface area contributed by atoms with Crippen LogP contribution in [0.4, 0.5) is 0 Å². The highest BCUT2D eigenvalue weighted by Crippen LogP contribution is 2.32. The summed E-state index contributed by atoms with van der Waals surface area (Å²) in [5.74, 6) is 2.36. The number of rotatable bonds is 5. The van der Waals surface area contributed by atoms with Gasteiger partial charge in [-0.05, 0) is 35.4 Å². The van der Waals surface area contributed by atoms with Gasteiger partial charge in [0.1, 0.15) is 5.82 Å². The number of aromatic nitrogens is 2. The van der Waals surface area contributed by atoms with Crippen molar-refractivity contribution in [3.63, 3.8) is 0 Å². The van der Waals surface area contributed by atoms with Crippen LogP contribution in [0.15, 0.2) is 41.8 Å². The van der Waals surface area contributed by atoms with Gasteiger partial charge in [0.15, 0.2) is 0 Å². The highest BCUT2D eigenvalue weighted by molar-refractivity contribution is 7.09. The first-order valence-electron chi connectivity index (χ1n) is 8.06. The summed E-state index contributed by atoms with van der Waals surface area (Å²) in [5.41, 5.74) is 2.38. The summed E-state index contributed by atoms with van der Waals surface area (Å²) in [5, 5.41) is 2.14. The molecule has 3 heteroatoms. The van der Waals surface area contributed by atoms with Crippen molar-refractivity contribution < 1.29 is 0 Å². The van der Waals surface area contributed by atoms with Crippen LogP contribution in [0, 0.1) is 11.8 Å². The van der Waals surface area contributed by atoms with Crippen molar-refractivity contribution in [2.24, 2.45) is 11.8 Å². The minimum absolute atomic E-state index is 0.474. The second-order valence-corrected chi connectivity index (χ2v) is 7.65. The molecule has 0 atom stereocenters. The van der Waals surface area contributed by atoms with Crippen LogP contribution in [-0.2, 0) is 6.42 Å². The zero-order chi connectivity index (χ0) is 15.7. The Morgan fingerprint density at radius 3 is 2.36 bits per heavy atom. The summed E-state index contributed by atoms with van der Waals surface area (Å²) in [6, 6.07) is 13.3. The number of fused-ring (bicyclic) bond motifs is 1. The Balaban J connectivity index is 2.16. The average molecular weight is 312 g/mol. The van der Waals surface area contributed by atoms with E-state index in [-0.39, 0.29) is 0 Å². The first-order valence-corrected chi connectivity index (χ1v) is 8.94. The van der Waals surface area contributed by atoms with Gasteiger partial charge >= 0.3 is 0 Å². The standard InChI is InChI=1S/C19H24N2S/c1-13(2)19(14(3)4)21-17-10-6-5-9-16(17)20-18(21)12-15-8-7-11-22-15/h5-11,13-14,19H,12H2,1-4H3. The third kappa shape index (κ3) is 2.82. The Bertz CT molecular complexity index is 730. The number of imidazole rings is 1. The number of hydrogen-bond acceptors (Lipinski definition) is 2. The maximum absolute atomic E-state index is 4.94. The number of thiophene rings is 1. The van der Waals surface area contributed by atoms with Crippen molar-refractivity contribution in [2.45, 2.75) is 40.2 Å². The maximum Gasteiger partial charge on any atom is 0.115 e. The quantitative estimate of drug-likeness (QED) is 0.604. The third-order valence-electron chi connectivity index (χ3n) is 4.25. The van der Waals surface area contributed by atoms with Gasteiger partial charge in [-0.15, -0.1) is 11.3 Å². The maximum atomic E-state index is 4.94. The lowest BCUT2D eigenvalue weighted by atomic mass is 9.92. The van der Waals surface area contributed by atoms with E-state index in [1.54, 1.807) is 0 Å². The van der Waals surface area contributed by atoms with Crippen LogP contribution in [0.25, 0.3) is 11.0 Å². The van der Waals surface area contributed by atoms with Crippen LogP contribution in [0.2, 0.25) is 0 Å². The molecule has 0 unspecified atom stereocenters. The molecule has 0 aliphatic rings. The molecule has 2 nitrogen and oxygen atoms in total. The molecule has 1 aromatic carbocycles. The van der Waals surface area contributed by atoms with E-state index in [1.807, 2.05) is 11.3 Å². The first-order chi connectivity index (χ1) is 10.6. The molecule has 0 fully saturated rings. The molecule has 0 saturated carbocycles. The summed E-state index contributed by atoms with van der Waals surface area (Å²) < 4.78 is 2.49. The fraction of sp³-hybridized carbons (Fsp3) is 0.421. The molecule has 116 valence electrons. The summed E-state index contributed by atoms with van der Waals surface area (Å²) in [6.45, 7) is 9.26. The number of para-hydroxylation sites is 2. The molecular weight excluding hydrogens is 288 g/mol. The van der Waals surface area contributed by atoms with Gasteiger partial charge in [-0.2, -0.15) is 0 Å². The van der Waals surface area contributed by atoms with Crippen LogP contribution in [0.3, 0.4) is 0 Å². The number of benzene rings is 1. The minimum Gasteiger partial charge on any atom is -0.324 e. The minimum atomic E-state index is 0.474. The Hall–Kier alpha value is -1.61. The van der Waals surface area contributed by atoms with Crippen LogP contribution < -0.4 is 0 Å². The smallest absolute Gasteiger partial charge is 0.115 e. The van der Waals surface area contributed by atoms with E-state index in [1.165, 1.54) is 16.2 Å². The SMILES string of the molecule is CC(C)C(C(C)C)n1c(Cc2cccs2)nc2ccccc21. The highest BCUT2D eigenvalue weighted by Gasteiger charge is 2.24. The van der Waals surface area contributed by atoms with Crippen molar-refractivity contribution in [3.8, 4) is 0 Å². The van der Waals surface area contributed by atoms with Gasteiger partial charge < -0.3 is 4.57 Å². The summed E-state index contributed by atoms with van der Waals surface area (Å²) in [6.07, 6.45) is 0.919. The molecule has 0 bridgehead atoms. The Morgan fingerprint density at radius 1 is 1.00 bits per heavy atom. The predicted octanol–water partition coefficient (Wildman–Crippen LogP) is 5.54. The Labute approximate surface area is 136 Å². The molecule has 2 aromatic heterocycles. The lowest BCUT2D eigenvalue weighted by Gasteiger charge is -2.29. The summed E-state index contributed by atoms with van der Waals surface area (Å²) in [4.78, 5) is 6.32. The van der Waals surface area contributed by atoms with Gasteiger partial charge in [0.05, 0.1) is 11.0 Å². The predicted molar refractivity (Wildman–Crippen MR) is 95.6 cm³/mol. The molecule has 3 rings (SSSR count). The van der Waals surface area contributed by atoms with E-state index < -0.39 is 0 Å². The fourth-order valence-corrected chi connectivity index (χ4v) is 4.19. The lowest BCUT2D eigenvalue weighted by molar-refractivity contribution is 0.288. The fourth-order valence-electron chi connectivity index (χ4n) is 3.49. The van der Waals surface area contributed by atoms with E-state index >= 15 is 0 Å². The van der Waals surface area contributed by atoms with Crippen molar-refractivity contribution in [1.29, 1.82) is 0 Å². The lowest BCUT2D eigenvalue weighted by Crippen LogP contribution is -2.22. The summed E-state index contributed by atoms with van der Waals surface area (Å²) >= 11 is 1.81. The van der Waals surface area contributed by atoms with E-state index in [0.717, 1.165) is 11.9 Å². The highest BCUT2D eigenvalue weighted by atomic mass is 32.1. The second kappa shape index (κ2) is 6.25. The molecule has 22 heavy (non-hydrogen) atoms. The van der Waals surface area contributed by atoms with Crippen molar-refractivity contribution >= 4 is 22.4 Å². The molecule has 0 N–H and O–H groups in total. The number of hydrogen-bond donors (Lipinski definition) is 0. The van der Waals surface area contributed by atoms with E-state index in [4.69, 9.17) is 4.98 Å². The molecule has 0 saturated heterocycles. The molecule has 2 heterocycles. The zero-order valence-electron chi connectivity index (χ0n) is 13.8. The normalized spacial score (nSPS) is 12.1. The van der Waals surface area contributed by atoms with Gasteiger partial charge in [-0.1, -0.05) is 45.9 Å². The van der Waals surface area contributed by atoms with Crippen LogP contribution in [0.1, 0.15) is 44.4 Å². The number of nitrogens with zero attached hydrogens (tertiary/aromatic N) is 2. The van der Waals surface area contributed by atoms with E-state index in [9.17, 15) is 0 Å².